The molecule has 1 aromatic rings. The van der Waals surface area contributed by atoms with Gasteiger partial charge in [-0.3, -0.25) is 0 Å². The fourth-order valence-corrected chi connectivity index (χ4v) is 3.97. The summed E-state index contributed by atoms with van der Waals surface area (Å²) < 4.78 is 33.4. The van der Waals surface area contributed by atoms with Crippen molar-refractivity contribution in [3.8, 4) is 5.75 Å². The van der Waals surface area contributed by atoms with E-state index in [4.69, 9.17) is 4.74 Å². The van der Waals surface area contributed by atoms with Gasteiger partial charge >= 0.3 is 0 Å². The Morgan fingerprint density at radius 3 is 2.55 bits per heavy atom. The molecule has 0 spiro atoms. The van der Waals surface area contributed by atoms with Crippen molar-refractivity contribution in [1.29, 1.82) is 0 Å². The van der Waals surface area contributed by atoms with Gasteiger partial charge in [0.2, 0.25) is 10.0 Å². The van der Waals surface area contributed by atoms with Crippen LogP contribution in [0.25, 0.3) is 0 Å². The summed E-state index contributed by atoms with van der Waals surface area (Å²) in [6.07, 6.45) is 1.85. The zero-order valence-corrected chi connectivity index (χ0v) is 14.7. The van der Waals surface area contributed by atoms with Gasteiger partial charge in [-0.05, 0) is 37.5 Å². The van der Waals surface area contributed by atoms with Crippen LogP contribution in [0, 0.1) is 5.92 Å². The quantitative estimate of drug-likeness (QED) is 0.805. The predicted octanol–water partition coefficient (Wildman–Crippen LogP) is 3.56. The Morgan fingerprint density at radius 2 is 2.00 bits per heavy atom. The fourth-order valence-electron chi connectivity index (χ4n) is 2.01. The second kappa shape index (κ2) is 7.43. The first-order valence-electron chi connectivity index (χ1n) is 6.66. The van der Waals surface area contributed by atoms with Crippen molar-refractivity contribution in [2.75, 3.05) is 7.11 Å². The van der Waals surface area contributed by atoms with Crippen LogP contribution in [0.1, 0.15) is 33.6 Å². The minimum Gasteiger partial charge on any atom is -0.495 e. The van der Waals surface area contributed by atoms with E-state index >= 15 is 0 Å². The molecule has 0 heterocycles. The second-order valence-electron chi connectivity index (χ2n) is 5.07. The van der Waals surface area contributed by atoms with Crippen molar-refractivity contribution in [1.82, 2.24) is 4.72 Å². The molecule has 4 nitrogen and oxygen atoms in total. The van der Waals surface area contributed by atoms with Gasteiger partial charge in [0.25, 0.3) is 0 Å². The molecular weight excluding hydrogens is 342 g/mol. The van der Waals surface area contributed by atoms with Gasteiger partial charge in [0.05, 0.1) is 7.11 Å². The Labute approximate surface area is 130 Å². The number of sulfonamides is 1. The molecular formula is C14H22BrNO3S. The van der Waals surface area contributed by atoms with Crippen LogP contribution in [0.2, 0.25) is 0 Å². The number of hydrogen-bond donors (Lipinski definition) is 1. The Morgan fingerprint density at radius 1 is 1.35 bits per heavy atom. The first-order valence-corrected chi connectivity index (χ1v) is 8.93. The van der Waals surface area contributed by atoms with Gasteiger partial charge < -0.3 is 4.74 Å². The SMILES string of the molecule is CCC(C)CC(C)NS(=O)(=O)c1cc(Br)ccc1OC. The highest BCUT2D eigenvalue weighted by Gasteiger charge is 2.22. The summed E-state index contributed by atoms with van der Waals surface area (Å²) in [4.78, 5) is 0.158. The second-order valence-corrected chi connectivity index (χ2v) is 7.66. The standard InChI is InChI=1S/C14H22BrNO3S/c1-5-10(2)8-11(3)16-20(17,18)14-9-12(15)6-7-13(14)19-4/h6-7,9-11,16H,5,8H2,1-4H3. The highest BCUT2D eigenvalue weighted by molar-refractivity contribution is 9.10. The number of benzene rings is 1. The number of nitrogens with one attached hydrogen (secondary N) is 1. The fraction of sp³-hybridized carbons (Fsp3) is 0.571. The Balaban J connectivity index is 2.96. The molecule has 0 amide bonds. The molecule has 0 aliphatic heterocycles. The smallest absolute Gasteiger partial charge is 0.244 e. The lowest BCUT2D eigenvalue weighted by Gasteiger charge is -2.18. The van der Waals surface area contributed by atoms with Crippen molar-refractivity contribution in [3.05, 3.63) is 22.7 Å². The third-order valence-electron chi connectivity index (χ3n) is 3.22. The first-order chi connectivity index (χ1) is 9.30. The summed E-state index contributed by atoms with van der Waals surface area (Å²) in [5, 5.41) is 0. The largest absolute Gasteiger partial charge is 0.495 e. The van der Waals surface area contributed by atoms with Gasteiger partial charge in [0.1, 0.15) is 10.6 Å². The molecule has 0 bridgehead atoms. The number of rotatable bonds is 7. The van der Waals surface area contributed by atoms with Gasteiger partial charge in [0.15, 0.2) is 0 Å². The molecule has 0 fully saturated rings. The lowest BCUT2D eigenvalue weighted by molar-refractivity contribution is 0.401. The van der Waals surface area contributed by atoms with E-state index in [9.17, 15) is 8.42 Å². The monoisotopic (exact) mass is 363 g/mol. The third kappa shape index (κ3) is 4.75. The van der Waals surface area contributed by atoms with E-state index in [2.05, 4.69) is 34.5 Å². The molecule has 0 aromatic heterocycles. The van der Waals surface area contributed by atoms with Crippen LogP contribution in [0.5, 0.6) is 5.75 Å². The summed E-state index contributed by atoms with van der Waals surface area (Å²) in [7, 11) is -2.12. The van der Waals surface area contributed by atoms with Crippen LogP contribution in [0.15, 0.2) is 27.6 Å². The highest BCUT2D eigenvalue weighted by atomic mass is 79.9. The molecule has 6 heteroatoms. The van der Waals surface area contributed by atoms with Crippen LogP contribution >= 0.6 is 15.9 Å². The summed E-state index contributed by atoms with van der Waals surface area (Å²) in [5.74, 6) is 0.827. The van der Waals surface area contributed by atoms with E-state index in [1.165, 1.54) is 7.11 Å². The van der Waals surface area contributed by atoms with Gasteiger partial charge in [0, 0.05) is 10.5 Å². The van der Waals surface area contributed by atoms with Gasteiger partial charge in [-0.15, -0.1) is 0 Å². The summed E-state index contributed by atoms with van der Waals surface area (Å²) in [5.41, 5.74) is 0. The van der Waals surface area contributed by atoms with E-state index in [1.54, 1.807) is 18.2 Å². The summed E-state index contributed by atoms with van der Waals surface area (Å²) in [6, 6.07) is 4.83. The predicted molar refractivity (Wildman–Crippen MR) is 84.5 cm³/mol. The molecule has 20 heavy (non-hydrogen) atoms. The van der Waals surface area contributed by atoms with Crippen LogP contribution in [-0.4, -0.2) is 21.6 Å². The zero-order chi connectivity index (χ0) is 15.3. The molecule has 2 atom stereocenters. The van der Waals surface area contributed by atoms with Crippen molar-refractivity contribution in [2.45, 2.75) is 44.6 Å². The lowest BCUT2D eigenvalue weighted by Crippen LogP contribution is -2.34. The molecule has 0 radical (unpaired) electrons. The van der Waals surface area contributed by atoms with Crippen LogP contribution in [0.3, 0.4) is 0 Å². The molecule has 2 unspecified atom stereocenters. The van der Waals surface area contributed by atoms with Crippen LogP contribution < -0.4 is 9.46 Å². The topological polar surface area (TPSA) is 55.4 Å². The molecule has 0 saturated heterocycles. The Bertz CT molecular complexity index is 545. The van der Waals surface area contributed by atoms with E-state index in [0.29, 0.717) is 16.1 Å². The lowest BCUT2D eigenvalue weighted by atomic mass is 10.0. The maximum atomic E-state index is 12.4. The van der Waals surface area contributed by atoms with Crippen LogP contribution in [0.4, 0.5) is 0 Å². The average molecular weight is 364 g/mol. The summed E-state index contributed by atoms with van der Waals surface area (Å²) >= 11 is 3.29. The molecule has 114 valence electrons. The van der Waals surface area contributed by atoms with E-state index in [1.807, 2.05) is 6.92 Å². The van der Waals surface area contributed by atoms with Crippen molar-refractivity contribution in [3.63, 3.8) is 0 Å². The van der Waals surface area contributed by atoms with E-state index in [-0.39, 0.29) is 10.9 Å². The highest BCUT2D eigenvalue weighted by Crippen LogP contribution is 2.27. The minimum absolute atomic E-state index is 0.112. The van der Waals surface area contributed by atoms with Crippen LogP contribution in [-0.2, 0) is 10.0 Å². The molecule has 1 rings (SSSR count). The van der Waals surface area contributed by atoms with Gasteiger partial charge in [-0.2, -0.15) is 0 Å². The maximum Gasteiger partial charge on any atom is 0.244 e. The first kappa shape index (κ1) is 17.5. The summed E-state index contributed by atoms with van der Waals surface area (Å²) in [6.45, 7) is 6.10. The number of methoxy groups -OCH3 is 1. The number of hydrogen-bond acceptors (Lipinski definition) is 3. The van der Waals surface area contributed by atoms with E-state index in [0.717, 1.165) is 12.8 Å². The van der Waals surface area contributed by atoms with Gasteiger partial charge in [-0.1, -0.05) is 36.2 Å². The molecule has 0 aliphatic carbocycles. The normalized spacial score (nSPS) is 14.8. The van der Waals surface area contributed by atoms with Crippen molar-refractivity contribution in [2.24, 2.45) is 5.92 Å². The Kier molecular flexibility index (Phi) is 6.48. The molecule has 0 aliphatic rings. The molecule has 1 N–H and O–H groups in total. The zero-order valence-electron chi connectivity index (χ0n) is 12.3. The average Bonchev–Trinajstić information content (AvgIpc) is 2.37. The van der Waals surface area contributed by atoms with E-state index < -0.39 is 10.0 Å². The van der Waals surface area contributed by atoms with Crippen molar-refractivity contribution >= 4 is 26.0 Å². The minimum atomic E-state index is -3.58. The number of ether oxygens (including phenoxy) is 1. The number of halogens is 1. The Hall–Kier alpha value is -0.590. The molecule has 0 saturated carbocycles. The maximum absolute atomic E-state index is 12.4. The molecule has 1 aromatic carbocycles. The van der Waals surface area contributed by atoms with Gasteiger partial charge in [-0.25, -0.2) is 13.1 Å². The van der Waals surface area contributed by atoms with Crippen molar-refractivity contribution < 1.29 is 13.2 Å². The third-order valence-corrected chi connectivity index (χ3v) is 5.33.